The highest BCUT2D eigenvalue weighted by atomic mass is 16.5. The molecule has 0 aromatic heterocycles. The zero-order valence-corrected chi connectivity index (χ0v) is 46.3. The molecule has 0 aliphatic carbocycles. The number of phenols is 4. The number of rotatable bonds is 18. The lowest BCUT2D eigenvalue weighted by Gasteiger charge is -2.06. The van der Waals surface area contributed by atoms with Crippen LogP contribution in [0.2, 0.25) is 0 Å². The molecule has 8 aromatic carbocycles. The van der Waals surface area contributed by atoms with Gasteiger partial charge in [0.2, 0.25) is 0 Å². The second-order valence-electron chi connectivity index (χ2n) is 18.8. The van der Waals surface area contributed by atoms with Crippen molar-refractivity contribution in [2.45, 2.75) is 53.4 Å². The Morgan fingerprint density at radius 2 is 0.598 bits per heavy atom. The summed E-state index contributed by atoms with van der Waals surface area (Å²) < 4.78 is 9.99. The molecular weight excluding hydrogens is 1030 g/mol. The van der Waals surface area contributed by atoms with Gasteiger partial charge in [-0.15, -0.1) is 0 Å². The fourth-order valence-electron chi connectivity index (χ4n) is 7.78. The minimum absolute atomic E-state index is 0.00852. The third kappa shape index (κ3) is 22.5. The number of aryl methyl sites for hydroxylation is 2. The van der Waals surface area contributed by atoms with E-state index in [2.05, 4.69) is 0 Å². The summed E-state index contributed by atoms with van der Waals surface area (Å²) >= 11 is 0. The first-order valence-corrected chi connectivity index (χ1v) is 26.3. The molecule has 0 heterocycles. The van der Waals surface area contributed by atoms with Crippen LogP contribution in [0, 0.1) is 13.8 Å². The second kappa shape index (κ2) is 33.5. The SMILES string of the molecule is CC(=O)Oc1ccc(C/C=C(/C=O)c2ccc(C)cc2)cc1.CC(=O)Oc1ccc(C/C=C(/CO)c2ccc(C)cc2)cc1.O=C/C(=C/Cc1ccc(O)cc1)c1ccc(O)cc1.OC/C(=C/Cc1ccc(O)cc1)c1ccc(O)cc1. The molecule has 6 N–H and O–H groups in total. The number of benzene rings is 8. The van der Waals surface area contributed by atoms with Crippen LogP contribution in [0.25, 0.3) is 22.3 Å². The molecule has 0 bridgehead atoms. The maximum absolute atomic E-state index is 11.3. The molecule has 0 radical (unpaired) electrons. The van der Waals surface area contributed by atoms with Crippen LogP contribution in [0.5, 0.6) is 34.5 Å². The molecule has 8 rings (SSSR count). The van der Waals surface area contributed by atoms with E-state index in [-0.39, 0.29) is 48.2 Å². The number of hydrogen-bond acceptors (Lipinski definition) is 12. The fourth-order valence-corrected chi connectivity index (χ4v) is 7.78. The summed E-state index contributed by atoms with van der Waals surface area (Å²) in [5, 5.41) is 55.8. The number of hydrogen-bond donors (Lipinski definition) is 6. The number of ether oxygens (including phenoxy) is 2. The van der Waals surface area contributed by atoms with Gasteiger partial charge in [-0.3, -0.25) is 19.2 Å². The van der Waals surface area contributed by atoms with Gasteiger partial charge in [0.05, 0.1) is 13.2 Å². The zero-order chi connectivity index (χ0) is 59.2. The Morgan fingerprint density at radius 3 is 0.878 bits per heavy atom. The monoisotopic (exact) mass is 1100 g/mol. The Kier molecular flexibility index (Phi) is 25.7. The third-order valence-corrected chi connectivity index (χ3v) is 12.4. The van der Waals surface area contributed by atoms with Gasteiger partial charge in [-0.05, 0) is 168 Å². The van der Waals surface area contributed by atoms with E-state index < -0.39 is 0 Å². The molecule has 0 fully saturated rings. The molecule has 12 nitrogen and oxygen atoms in total. The minimum atomic E-state index is -0.338. The number of aromatic hydroxyl groups is 4. The van der Waals surface area contributed by atoms with Gasteiger partial charge < -0.3 is 40.1 Å². The number of aliphatic hydroxyl groups is 2. The standard InChI is InChI=1S/C19H20O3.C19H18O3.C16H16O3.C16H14O3/c2*1-14-3-8-17(9-4-14)18(13-20)10-5-16-6-11-19(12-7-16)22-15(2)21;2*17-11-14(13-5-9-16(19)10-6-13)4-1-12-2-7-15(18)8-3-12/h3-4,6-12,20H,5,13H2,1-2H3;3-4,6-13H,5H2,1-2H3;2-10,17-19H,1,11H2;2-11,18-19H,1H2/b2*18-10-;2*14-4-. The van der Waals surface area contributed by atoms with E-state index in [1.807, 2.05) is 135 Å². The summed E-state index contributed by atoms with van der Waals surface area (Å²) in [6, 6.07) is 57.7. The quantitative estimate of drug-likeness (QED) is 0.0205. The number of carbonyl (C=O) groups excluding carboxylic acids is 4. The molecule has 0 amide bonds. The van der Waals surface area contributed by atoms with Crippen LogP contribution in [-0.4, -0.2) is 68.4 Å². The van der Waals surface area contributed by atoms with E-state index in [4.69, 9.17) is 9.47 Å². The number of aliphatic hydroxyl groups excluding tert-OH is 2. The topological polar surface area (TPSA) is 208 Å². The van der Waals surface area contributed by atoms with Crippen molar-refractivity contribution < 1.29 is 59.3 Å². The van der Waals surface area contributed by atoms with Gasteiger partial charge in [-0.25, -0.2) is 0 Å². The van der Waals surface area contributed by atoms with Gasteiger partial charge in [0.25, 0.3) is 0 Å². The van der Waals surface area contributed by atoms with Gasteiger partial charge in [0.1, 0.15) is 47.1 Å². The Balaban J connectivity index is 0.000000201. The van der Waals surface area contributed by atoms with Crippen LogP contribution in [0.15, 0.2) is 218 Å². The van der Waals surface area contributed by atoms with Gasteiger partial charge >= 0.3 is 11.9 Å². The average Bonchev–Trinajstić information content (AvgIpc) is 3.48. The number of aldehydes is 2. The number of esters is 2. The largest absolute Gasteiger partial charge is 0.508 e. The van der Waals surface area contributed by atoms with Gasteiger partial charge in [-0.1, -0.05) is 157 Å². The first kappa shape index (κ1) is 63.0. The van der Waals surface area contributed by atoms with E-state index in [9.17, 15) is 49.8 Å². The Labute approximate surface area is 479 Å². The molecule has 0 saturated carbocycles. The Hall–Kier alpha value is -9.88. The summed E-state index contributed by atoms with van der Waals surface area (Å²) in [5.74, 6) is 1.25. The van der Waals surface area contributed by atoms with Crippen molar-refractivity contribution in [1.82, 2.24) is 0 Å². The van der Waals surface area contributed by atoms with Crippen molar-refractivity contribution in [3.8, 4) is 34.5 Å². The average molecular weight is 1100 g/mol. The summed E-state index contributed by atoms with van der Waals surface area (Å²) in [7, 11) is 0. The van der Waals surface area contributed by atoms with Crippen LogP contribution < -0.4 is 9.47 Å². The van der Waals surface area contributed by atoms with Gasteiger partial charge in [-0.2, -0.15) is 0 Å². The van der Waals surface area contributed by atoms with E-state index in [0.717, 1.165) is 73.8 Å². The van der Waals surface area contributed by atoms with Gasteiger partial charge in [0, 0.05) is 25.0 Å². The lowest BCUT2D eigenvalue weighted by Crippen LogP contribution is -2.01. The molecule has 8 aromatic rings. The highest BCUT2D eigenvalue weighted by molar-refractivity contribution is 6.07. The predicted octanol–water partition coefficient (Wildman–Crippen LogP) is 12.9. The summed E-state index contributed by atoms with van der Waals surface area (Å²) in [4.78, 5) is 44.1. The third-order valence-electron chi connectivity index (χ3n) is 12.4. The van der Waals surface area contributed by atoms with Gasteiger partial charge in [0.15, 0.2) is 0 Å². The van der Waals surface area contributed by atoms with Crippen LogP contribution in [0.1, 0.15) is 69.5 Å². The zero-order valence-electron chi connectivity index (χ0n) is 46.3. The minimum Gasteiger partial charge on any atom is -0.508 e. The van der Waals surface area contributed by atoms with Crippen molar-refractivity contribution in [3.05, 3.63) is 274 Å². The molecule has 82 heavy (non-hydrogen) atoms. The van der Waals surface area contributed by atoms with E-state index in [0.29, 0.717) is 48.3 Å². The van der Waals surface area contributed by atoms with E-state index >= 15 is 0 Å². The fraction of sp³-hybridized carbons (Fsp3) is 0.143. The molecule has 0 atom stereocenters. The molecule has 0 spiro atoms. The summed E-state index contributed by atoms with van der Waals surface area (Å²) in [6.45, 7) is 6.76. The lowest BCUT2D eigenvalue weighted by atomic mass is 10.0. The normalized spacial score (nSPS) is 11.3. The van der Waals surface area contributed by atoms with Crippen molar-refractivity contribution in [1.29, 1.82) is 0 Å². The highest BCUT2D eigenvalue weighted by Crippen LogP contribution is 2.23. The van der Waals surface area contributed by atoms with Crippen molar-refractivity contribution >= 4 is 46.8 Å². The van der Waals surface area contributed by atoms with Crippen LogP contribution in [0.4, 0.5) is 0 Å². The maximum Gasteiger partial charge on any atom is 0.308 e. The number of phenolic OH excluding ortho intramolecular Hbond substituents is 4. The molecule has 0 aliphatic heterocycles. The second-order valence-corrected chi connectivity index (χ2v) is 18.8. The maximum atomic E-state index is 11.3. The summed E-state index contributed by atoms with van der Waals surface area (Å²) in [5.41, 5.74) is 13.1. The van der Waals surface area contributed by atoms with Crippen LogP contribution >= 0.6 is 0 Å². The summed E-state index contributed by atoms with van der Waals surface area (Å²) in [6.07, 6.45) is 12.0. The molecule has 0 aliphatic rings. The molecule has 420 valence electrons. The molecule has 0 unspecified atom stereocenters. The van der Waals surface area contributed by atoms with Crippen molar-refractivity contribution in [3.63, 3.8) is 0 Å². The smallest absolute Gasteiger partial charge is 0.308 e. The van der Waals surface area contributed by atoms with Crippen molar-refractivity contribution in [2.24, 2.45) is 0 Å². The van der Waals surface area contributed by atoms with E-state index in [1.54, 1.807) is 97.1 Å². The first-order valence-electron chi connectivity index (χ1n) is 26.3. The van der Waals surface area contributed by atoms with Crippen LogP contribution in [-0.2, 0) is 44.9 Å². The Morgan fingerprint density at radius 1 is 0.354 bits per heavy atom. The van der Waals surface area contributed by atoms with Crippen molar-refractivity contribution in [2.75, 3.05) is 13.2 Å². The predicted molar refractivity (Wildman–Crippen MR) is 323 cm³/mol. The van der Waals surface area contributed by atoms with Crippen LogP contribution in [0.3, 0.4) is 0 Å². The molecule has 0 saturated heterocycles. The first-order chi connectivity index (χ1) is 39.5. The molecular formula is C70H68O12. The number of carbonyl (C=O) groups is 4. The Bertz CT molecular complexity index is 3390. The number of allylic oxidation sites excluding steroid dienone is 6. The molecule has 12 heteroatoms. The highest BCUT2D eigenvalue weighted by Gasteiger charge is 2.06. The van der Waals surface area contributed by atoms with E-state index in [1.165, 1.54) is 19.4 Å². The lowest BCUT2D eigenvalue weighted by molar-refractivity contribution is -0.132.